The van der Waals surface area contributed by atoms with Gasteiger partial charge in [0.1, 0.15) is 6.04 Å². The van der Waals surface area contributed by atoms with Crippen molar-refractivity contribution in [3.8, 4) is 0 Å². The summed E-state index contributed by atoms with van der Waals surface area (Å²) < 4.78 is 5.03. The Bertz CT molecular complexity index is 627. The zero-order chi connectivity index (χ0) is 17.5. The predicted octanol–water partition coefficient (Wildman–Crippen LogP) is 1.36. The van der Waals surface area contributed by atoms with E-state index in [0.717, 1.165) is 25.7 Å². The van der Waals surface area contributed by atoms with Gasteiger partial charge in [0.2, 0.25) is 5.91 Å². The molecule has 0 unspecified atom stereocenters. The van der Waals surface area contributed by atoms with Crippen LogP contribution in [0.3, 0.4) is 0 Å². The van der Waals surface area contributed by atoms with E-state index >= 15 is 0 Å². The van der Waals surface area contributed by atoms with Gasteiger partial charge in [-0.05, 0) is 55.9 Å². The second-order valence-electron chi connectivity index (χ2n) is 5.99. The first-order chi connectivity index (χ1) is 11.5. The fourth-order valence-electron chi connectivity index (χ4n) is 2.66. The van der Waals surface area contributed by atoms with E-state index in [2.05, 4.69) is 10.6 Å². The number of esters is 1. The third-order valence-electron chi connectivity index (χ3n) is 3.99. The van der Waals surface area contributed by atoms with Crippen LogP contribution in [0, 0.1) is 0 Å². The van der Waals surface area contributed by atoms with Gasteiger partial charge in [-0.25, -0.2) is 4.79 Å². The predicted molar refractivity (Wildman–Crippen MR) is 89.7 cm³/mol. The van der Waals surface area contributed by atoms with Crippen molar-refractivity contribution in [1.82, 2.24) is 10.6 Å². The van der Waals surface area contributed by atoms with Gasteiger partial charge >= 0.3 is 5.97 Å². The number of carbonyl (C=O) groups is 3. The number of rotatable bonds is 7. The zero-order valence-corrected chi connectivity index (χ0v) is 14.2. The van der Waals surface area contributed by atoms with E-state index in [1.165, 1.54) is 11.1 Å². The molecule has 0 heterocycles. The maximum Gasteiger partial charge on any atom is 0.338 e. The number of hydrogen-bond donors (Lipinski definition) is 2. The first kappa shape index (κ1) is 18.0. The second kappa shape index (κ2) is 8.47. The molecule has 6 heteroatoms. The van der Waals surface area contributed by atoms with E-state index < -0.39 is 24.5 Å². The molecule has 6 nitrogen and oxygen atoms in total. The molecular weight excluding hydrogens is 308 g/mol. The number of fused-ring (bicyclic) bond motifs is 1. The molecule has 0 spiro atoms. The van der Waals surface area contributed by atoms with Crippen molar-refractivity contribution in [2.24, 2.45) is 0 Å². The van der Waals surface area contributed by atoms with Crippen LogP contribution < -0.4 is 10.6 Å². The minimum absolute atomic E-state index is 0.254. The number of aryl methyl sites for hydroxylation is 2. The summed E-state index contributed by atoms with van der Waals surface area (Å²) in [7, 11) is 0. The van der Waals surface area contributed by atoms with Crippen molar-refractivity contribution in [3.05, 3.63) is 34.9 Å². The summed E-state index contributed by atoms with van der Waals surface area (Å²) in [5.74, 6) is -1.28. The van der Waals surface area contributed by atoms with Crippen molar-refractivity contribution >= 4 is 17.8 Å². The van der Waals surface area contributed by atoms with Crippen LogP contribution in [0.15, 0.2) is 18.2 Å². The average Bonchev–Trinajstić information content (AvgIpc) is 3.04. The Labute approximate surface area is 142 Å². The molecule has 2 rings (SSSR count). The summed E-state index contributed by atoms with van der Waals surface area (Å²) in [5.41, 5.74) is 2.91. The molecule has 0 fully saturated rings. The fourth-order valence-corrected chi connectivity index (χ4v) is 2.66. The Morgan fingerprint density at radius 1 is 1.21 bits per heavy atom. The van der Waals surface area contributed by atoms with Crippen molar-refractivity contribution in [3.63, 3.8) is 0 Å². The summed E-state index contributed by atoms with van der Waals surface area (Å²) in [6.45, 7) is 3.70. The molecule has 0 aromatic heterocycles. The van der Waals surface area contributed by atoms with Crippen LogP contribution >= 0.6 is 0 Å². The van der Waals surface area contributed by atoms with Gasteiger partial charge in [-0.3, -0.25) is 9.59 Å². The van der Waals surface area contributed by atoms with Crippen LogP contribution in [0.25, 0.3) is 0 Å². The average molecular weight is 332 g/mol. The van der Waals surface area contributed by atoms with Gasteiger partial charge in [0.25, 0.3) is 5.91 Å². The highest BCUT2D eigenvalue weighted by Crippen LogP contribution is 2.23. The SMILES string of the molecule is CCCNC(=O)[C@H](C)NC(=O)COC(=O)c1ccc2c(c1)CCC2. The number of hydrogen-bond acceptors (Lipinski definition) is 4. The maximum absolute atomic E-state index is 12.0. The highest BCUT2D eigenvalue weighted by Gasteiger charge is 2.18. The first-order valence-electron chi connectivity index (χ1n) is 8.37. The maximum atomic E-state index is 12.0. The van der Waals surface area contributed by atoms with Crippen LogP contribution in [0.5, 0.6) is 0 Å². The van der Waals surface area contributed by atoms with Crippen molar-refractivity contribution in [2.45, 2.75) is 45.6 Å². The lowest BCUT2D eigenvalue weighted by atomic mass is 10.1. The van der Waals surface area contributed by atoms with E-state index in [0.29, 0.717) is 12.1 Å². The molecule has 0 saturated heterocycles. The Hall–Kier alpha value is -2.37. The number of nitrogens with one attached hydrogen (secondary N) is 2. The Balaban J connectivity index is 1.79. The minimum Gasteiger partial charge on any atom is -0.452 e. The number of carbonyl (C=O) groups excluding carboxylic acids is 3. The molecule has 2 N–H and O–H groups in total. The molecule has 1 aliphatic rings. The van der Waals surface area contributed by atoms with Gasteiger partial charge in [0.15, 0.2) is 6.61 Å². The lowest BCUT2D eigenvalue weighted by molar-refractivity contribution is -0.130. The Morgan fingerprint density at radius 3 is 2.71 bits per heavy atom. The molecular formula is C18H24N2O4. The largest absolute Gasteiger partial charge is 0.452 e. The molecule has 2 amide bonds. The van der Waals surface area contributed by atoms with Gasteiger partial charge in [0.05, 0.1) is 5.56 Å². The highest BCUT2D eigenvalue weighted by molar-refractivity contribution is 5.92. The van der Waals surface area contributed by atoms with Crippen LogP contribution in [0.1, 0.15) is 48.2 Å². The van der Waals surface area contributed by atoms with E-state index in [1.54, 1.807) is 13.0 Å². The molecule has 0 aliphatic heterocycles. The molecule has 1 aliphatic carbocycles. The third kappa shape index (κ3) is 4.81. The fraction of sp³-hybridized carbons (Fsp3) is 0.500. The standard InChI is InChI=1S/C18H24N2O4/c1-3-9-19-17(22)12(2)20-16(21)11-24-18(23)15-8-7-13-5-4-6-14(13)10-15/h7-8,10,12H,3-6,9,11H2,1-2H3,(H,19,22)(H,20,21)/t12-/m0/s1. The molecule has 1 aromatic rings. The van der Waals surface area contributed by atoms with E-state index in [4.69, 9.17) is 4.74 Å². The van der Waals surface area contributed by atoms with E-state index in [-0.39, 0.29) is 5.91 Å². The highest BCUT2D eigenvalue weighted by atomic mass is 16.5. The smallest absolute Gasteiger partial charge is 0.338 e. The summed E-state index contributed by atoms with van der Waals surface area (Å²) in [6, 6.07) is 4.84. The summed E-state index contributed by atoms with van der Waals surface area (Å²) in [4.78, 5) is 35.5. The van der Waals surface area contributed by atoms with Gasteiger partial charge in [-0.1, -0.05) is 13.0 Å². The molecule has 130 valence electrons. The Kier molecular flexibility index (Phi) is 6.35. The van der Waals surface area contributed by atoms with Gasteiger partial charge in [0, 0.05) is 6.54 Å². The minimum atomic E-state index is -0.664. The normalized spacial score (nSPS) is 13.8. The summed E-state index contributed by atoms with van der Waals surface area (Å²) in [5, 5.41) is 5.20. The lowest BCUT2D eigenvalue weighted by Crippen LogP contribution is -2.46. The van der Waals surface area contributed by atoms with Crippen molar-refractivity contribution < 1.29 is 19.1 Å². The topological polar surface area (TPSA) is 84.5 Å². The summed E-state index contributed by atoms with van der Waals surface area (Å²) in [6.07, 6.45) is 3.95. The van der Waals surface area contributed by atoms with Crippen LogP contribution in [0.4, 0.5) is 0 Å². The number of benzene rings is 1. The van der Waals surface area contributed by atoms with Crippen molar-refractivity contribution in [2.75, 3.05) is 13.2 Å². The number of amides is 2. The van der Waals surface area contributed by atoms with Gasteiger partial charge in [-0.2, -0.15) is 0 Å². The van der Waals surface area contributed by atoms with E-state index in [9.17, 15) is 14.4 Å². The summed E-state index contributed by atoms with van der Waals surface area (Å²) >= 11 is 0. The quantitative estimate of drug-likeness (QED) is 0.739. The van der Waals surface area contributed by atoms with E-state index in [1.807, 2.05) is 19.1 Å². The second-order valence-corrected chi connectivity index (χ2v) is 5.99. The molecule has 1 aromatic carbocycles. The molecule has 0 bridgehead atoms. The molecule has 0 saturated carbocycles. The number of ether oxygens (including phenoxy) is 1. The monoisotopic (exact) mass is 332 g/mol. The van der Waals surface area contributed by atoms with Crippen molar-refractivity contribution in [1.29, 1.82) is 0 Å². The van der Waals surface area contributed by atoms with Gasteiger partial charge in [-0.15, -0.1) is 0 Å². The van der Waals surface area contributed by atoms with Gasteiger partial charge < -0.3 is 15.4 Å². The molecule has 24 heavy (non-hydrogen) atoms. The third-order valence-corrected chi connectivity index (χ3v) is 3.99. The molecule has 1 atom stereocenters. The molecule has 0 radical (unpaired) electrons. The van der Waals surface area contributed by atoms with Crippen LogP contribution in [-0.4, -0.2) is 37.0 Å². The lowest BCUT2D eigenvalue weighted by Gasteiger charge is -2.14. The zero-order valence-electron chi connectivity index (χ0n) is 14.2. The van der Waals surface area contributed by atoms with Crippen LogP contribution in [-0.2, 0) is 27.2 Å². The first-order valence-corrected chi connectivity index (χ1v) is 8.37. The van der Waals surface area contributed by atoms with Crippen LogP contribution in [0.2, 0.25) is 0 Å². The Morgan fingerprint density at radius 2 is 1.96 bits per heavy atom.